The molecule has 2 aromatic rings. The summed E-state index contributed by atoms with van der Waals surface area (Å²) in [6, 6.07) is 6.54. The quantitative estimate of drug-likeness (QED) is 0.569. The molecule has 1 saturated heterocycles. The maximum absolute atomic E-state index is 14.0. The second-order valence-corrected chi connectivity index (χ2v) is 8.57. The third-order valence-corrected chi connectivity index (χ3v) is 6.48. The van der Waals surface area contributed by atoms with Gasteiger partial charge in [-0.05, 0) is 41.7 Å². The van der Waals surface area contributed by atoms with Crippen molar-refractivity contribution in [3.63, 3.8) is 0 Å². The largest absolute Gasteiger partial charge is 0.322 e. The van der Waals surface area contributed by atoms with Crippen LogP contribution in [0.15, 0.2) is 36.5 Å². The van der Waals surface area contributed by atoms with E-state index in [0.29, 0.717) is 44.6 Å². The van der Waals surface area contributed by atoms with Crippen molar-refractivity contribution in [3.05, 3.63) is 70.6 Å². The molecule has 0 radical (unpaired) electrons. The number of hydrogen-bond donors (Lipinski definition) is 1. The maximum atomic E-state index is 14.0. The normalized spacial score (nSPS) is 21.2. The number of rotatable bonds is 4. The van der Waals surface area contributed by atoms with Crippen LogP contribution in [0.25, 0.3) is 5.57 Å². The van der Waals surface area contributed by atoms with Crippen molar-refractivity contribution in [1.82, 2.24) is 20.1 Å². The zero-order valence-corrected chi connectivity index (χ0v) is 17.8. The lowest BCUT2D eigenvalue weighted by molar-refractivity contribution is -0.136. The Hall–Kier alpha value is -3.46. The monoisotopic (exact) mass is 452 g/mol. The summed E-state index contributed by atoms with van der Waals surface area (Å²) in [4.78, 5) is 43.5. The van der Waals surface area contributed by atoms with Gasteiger partial charge in [0, 0.05) is 49.9 Å². The molecular weight excluding hydrogens is 430 g/mol. The molecule has 7 nitrogen and oxygen atoms in total. The number of hydrogen-bond acceptors (Lipinski definition) is 5. The van der Waals surface area contributed by atoms with Gasteiger partial charge in [0.15, 0.2) is 5.82 Å². The maximum Gasteiger partial charge on any atom is 0.255 e. The van der Waals surface area contributed by atoms with Crippen molar-refractivity contribution in [2.75, 3.05) is 13.1 Å². The lowest BCUT2D eigenvalue weighted by Gasteiger charge is -2.29. The molecule has 1 N–H and O–H groups in total. The predicted molar refractivity (Wildman–Crippen MR) is 115 cm³/mol. The molecule has 5 rings (SSSR count). The molecule has 3 aliphatic heterocycles. The first-order valence-corrected chi connectivity index (χ1v) is 10.9. The standard InChI is InChI=1S/C24H22F2N4O3/c25-21-17(5-8-27-22(21)26)15-6-9-29(10-7-15)12-14-1-2-18-16(11-14)13-30(24(18)33)19-3-4-20(31)28-23(19)32/h1-2,5-6,8,11,19H,3-4,7,9-10,12-13H2,(H,28,31,32). The highest BCUT2D eigenvalue weighted by atomic mass is 19.2. The van der Waals surface area contributed by atoms with Gasteiger partial charge in [-0.3, -0.25) is 24.6 Å². The minimum absolute atomic E-state index is 0.191. The van der Waals surface area contributed by atoms with E-state index in [1.807, 2.05) is 18.2 Å². The number of carbonyl (C=O) groups is 3. The number of nitrogens with one attached hydrogen (secondary N) is 1. The molecule has 1 atom stereocenters. The number of fused-ring (bicyclic) bond motifs is 1. The van der Waals surface area contributed by atoms with Gasteiger partial charge >= 0.3 is 0 Å². The van der Waals surface area contributed by atoms with Crippen molar-refractivity contribution >= 4 is 23.3 Å². The minimum atomic E-state index is -1.09. The second kappa shape index (κ2) is 8.47. The first-order chi connectivity index (χ1) is 15.9. The molecule has 1 aromatic carbocycles. The molecule has 0 bridgehead atoms. The molecule has 0 aliphatic carbocycles. The minimum Gasteiger partial charge on any atom is -0.322 e. The van der Waals surface area contributed by atoms with Crippen molar-refractivity contribution in [2.24, 2.45) is 0 Å². The van der Waals surface area contributed by atoms with Crippen molar-refractivity contribution in [3.8, 4) is 0 Å². The van der Waals surface area contributed by atoms with Crippen LogP contribution in [-0.4, -0.2) is 51.6 Å². The third kappa shape index (κ3) is 4.04. The Balaban J connectivity index is 1.26. The third-order valence-electron chi connectivity index (χ3n) is 6.48. The van der Waals surface area contributed by atoms with E-state index in [-0.39, 0.29) is 23.8 Å². The van der Waals surface area contributed by atoms with E-state index in [1.54, 1.807) is 6.07 Å². The van der Waals surface area contributed by atoms with Crippen LogP contribution in [0, 0.1) is 11.8 Å². The molecule has 4 heterocycles. The summed E-state index contributed by atoms with van der Waals surface area (Å²) in [7, 11) is 0. The van der Waals surface area contributed by atoms with Crippen molar-refractivity contribution in [2.45, 2.75) is 38.4 Å². The fraction of sp³-hybridized carbons (Fsp3) is 0.333. The lowest BCUT2D eigenvalue weighted by Crippen LogP contribution is -2.52. The Morgan fingerprint density at radius 3 is 2.70 bits per heavy atom. The first kappa shape index (κ1) is 21.4. The molecule has 3 aliphatic rings. The zero-order chi connectivity index (χ0) is 23.1. The Labute approximate surface area is 189 Å². The highest BCUT2D eigenvalue weighted by Gasteiger charge is 2.39. The number of aromatic nitrogens is 1. The van der Waals surface area contributed by atoms with E-state index < -0.39 is 23.7 Å². The van der Waals surface area contributed by atoms with E-state index in [9.17, 15) is 23.2 Å². The van der Waals surface area contributed by atoms with Crippen molar-refractivity contribution in [1.29, 1.82) is 0 Å². The summed E-state index contributed by atoms with van der Waals surface area (Å²) in [6.45, 7) is 2.27. The van der Waals surface area contributed by atoms with Crippen LogP contribution in [0.2, 0.25) is 0 Å². The molecule has 1 aromatic heterocycles. The summed E-state index contributed by atoms with van der Waals surface area (Å²) in [6.07, 6.45) is 4.32. The second-order valence-electron chi connectivity index (χ2n) is 8.57. The topological polar surface area (TPSA) is 82.6 Å². The van der Waals surface area contributed by atoms with Crippen LogP contribution in [0.4, 0.5) is 8.78 Å². The molecule has 0 spiro atoms. The van der Waals surface area contributed by atoms with Gasteiger partial charge in [0.05, 0.1) is 0 Å². The van der Waals surface area contributed by atoms with Gasteiger partial charge < -0.3 is 4.90 Å². The van der Waals surface area contributed by atoms with Crippen LogP contribution in [0.3, 0.4) is 0 Å². The van der Waals surface area contributed by atoms with E-state index in [1.165, 1.54) is 17.2 Å². The average molecular weight is 452 g/mol. The van der Waals surface area contributed by atoms with Gasteiger partial charge in [-0.25, -0.2) is 9.37 Å². The summed E-state index contributed by atoms with van der Waals surface area (Å²) in [5.41, 5.74) is 3.50. The molecule has 1 fully saturated rings. The van der Waals surface area contributed by atoms with Crippen molar-refractivity contribution < 1.29 is 23.2 Å². The van der Waals surface area contributed by atoms with E-state index in [0.717, 1.165) is 16.7 Å². The van der Waals surface area contributed by atoms with Crippen LogP contribution in [-0.2, 0) is 22.7 Å². The lowest BCUT2D eigenvalue weighted by atomic mass is 9.99. The SMILES string of the molecule is O=C1CCC(N2Cc3cc(CN4CC=C(c5ccnc(F)c5F)CC4)ccc3C2=O)C(=O)N1. The first-order valence-electron chi connectivity index (χ1n) is 10.9. The summed E-state index contributed by atoms with van der Waals surface area (Å²) >= 11 is 0. The Morgan fingerprint density at radius 1 is 1.09 bits per heavy atom. The number of halogens is 2. The molecular formula is C24H22F2N4O3. The smallest absolute Gasteiger partial charge is 0.255 e. The Kier molecular flexibility index (Phi) is 5.49. The molecule has 9 heteroatoms. The van der Waals surface area contributed by atoms with Crippen LogP contribution in [0.5, 0.6) is 0 Å². The number of benzene rings is 1. The van der Waals surface area contributed by atoms with Gasteiger partial charge in [-0.1, -0.05) is 18.2 Å². The zero-order valence-electron chi connectivity index (χ0n) is 17.8. The van der Waals surface area contributed by atoms with Gasteiger partial charge in [0.25, 0.3) is 5.91 Å². The highest BCUT2D eigenvalue weighted by molar-refractivity contribution is 6.05. The van der Waals surface area contributed by atoms with Gasteiger partial charge in [0.1, 0.15) is 6.04 Å². The number of imide groups is 1. The number of pyridine rings is 1. The van der Waals surface area contributed by atoms with Gasteiger partial charge in [-0.15, -0.1) is 0 Å². The van der Waals surface area contributed by atoms with Crippen LogP contribution < -0.4 is 5.32 Å². The summed E-state index contributed by atoms with van der Waals surface area (Å²) < 4.78 is 27.5. The summed E-state index contributed by atoms with van der Waals surface area (Å²) in [5.74, 6) is -2.92. The molecule has 170 valence electrons. The Morgan fingerprint density at radius 2 is 1.94 bits per heavy atom. The van der Waals surface area contributed by atoms with E-state index >= 15 is 0 Å². The van der Waals surface area contributed by atoms with Gasteiger partial charge in [-0.2, -0.15) is 4.39 Å². The van der Waals surface area contributed by atoms with E-state index in [2.05, 4.69) is 15.2 Å². The summed E-state index contributed by atoms with van der Waals surface area (Å²) in [5, 5.41) is 2.31. The average Bonchev–Trinajstić information content (AvgIpc) is 3.12. The molecule has 33 heavy (non-hydrogen) atoms. The number of piperidine rings is 1. The Bertz CT molecular complexity index is 1200. The fourth-order valence-electron chi connectivity index (χ4n) is 4.75. The number of carbonyl (C=O) groups excluding carboxylic acids is 3. The molecule has 3 amide bonds. The number of amides is 3. The van der Waals surface area contributed by atoms with Gasteiger partial charge in [0.2, 0.25) is 17.8 Å². The number of nitrogens with zero attached hydrogens (tertiary/aromatic N) is 3. The van der Waals surface area contributed by atoms with Crippen LogP contribution >= 0.6 is 0 Å². The van der Waals surface area contributed by atoms with Crippen LogP contribution in [0.1, 0.15) is 46.3 Å². The molecule has 1 unspecified atom stereocenters. The molecule has 0 saturated carbocycles. The highest BCUT2D eigenvalue weighted by Crippen LogP contribution is 2.30. The fourth-order valence-corrected chi connectivity index (χ4v) is 4.75. The van der Waals surface area contributed by atoms with E-state index in [4.69, 9.17) is 0 Å². The predicted octanol–water partition coefficient (Wildman–Crippen LogP) is 2.41.